The molecule has 0 unspecified atom stereocenters. The first kappa shape index (κ1) is 17.9. The predicted octanol–water partition coefficient (Wildman–Crippen LogP) is 3.53. The van der Waals surface area contributed by atoms with Gasteiger partial charge in [0.05, 0.1) is 0 Å². The largest absolute Gasteiger partial charge is 0.480 e. The highest BCUT2D eigenvalue weighted by Crippen LogP contribution is 2.30. The topological polar surface area (TPSA) is 66.4 Å². The van der Waals surface area contributed by atoms with Gasteiger partial charge in [-0.3, -0.25) is 4.79 Å². The zero-order chi connectivity index (χ0) is 18.5. The van der Waals surface area contributed by atoms with Crippen LogP contribution in [-0.2, 0) is 22.4 Å². The third-order valence-electron chi connectivity index (χ3n) is 4.75. The summed E-state index contributed by atoms with van der Waals surface area (Å²) in [6.45, 7) is 2.02. The maximum Gasteiger partial charge on any atom is 0.326 e. The van der Waals surface area contributed by atoms with Gasteiger partial charge in [-0.1, -0.05) is 60.2 Å². The summed E-state index contributed by atoms with van der Waals surface area (Å²) in [6, 6.07) is 15.1. The Bertz CT molecular complexity index is 837. The van der Waals surface area contributed by atoms with E-state index < -0.39 is 12.0 Å². The maximum atomic E-state index is 12.2. The van der Waals surface area contributed by atoms with E-state index in [0.29, 0.717) is 12.8 Å². The normalized spacial score (nSPS) is 13.7. The number of rotatable bonds is 7. The molecule has 4 nitrogen and oxygen atoms in total. The number of carbonyl (C=O) groups excluding carboxylic acids is 1. The van der Waals surface area contributed by atoms with Gasteiger partial charge in [0.25, 0.3) is 0 Å². The van der Waals surface area contributed by atoms with Crippen LogP contribution in [0.15, 0.2) is 54.6 Å². The molecule has 0 radical (unpaired) electrons. The van der Waals surface area contributed by atoms with Crippen molar-refractivity contribution in [1.29, 1.82) is 0 Å². The lowest BCUT2D eigenvalue weighted by Gasteiger charge is -2.16. The van der Waals surface area contributed by atoms with Gasteiger partial charge in [-0.05, 0) is 42.0 Å². The SMILES string of the molecule is Cc1ccc(CCC(=O)N[C@@H](CC2=CCc3ccccc32)C(=O)O)cc1. The second-order valence-electron chi connectivity index (χ2n) is 6.74. The third kappa shape index (κ3) is 4.39. The lowest BCUT2D eigenvalue weighted by molar-refractivity contribution is -0.141. The number of aryl methyl sites for hydroxylation is 2. The molecule has 0 heterocycles. The van der Waals surface area contributed by atoms with Crippen molar-refractivity contribution >= 4 is 17.4 Å². The summed E-state index contributed by atoms with van der Waals surface area (Å²) in [5, 5.41) is 12.2. The quantitative estimate of drug-likeness (QED) is 0.804. The average molecular weight is 349 g/mol. The first-order valence-electron chi connectivity index (χ1n) is 8.88. The summed E-state index contributed by atoms with van der Waals surface area (Å²) < 4.78 is 0. The summed E-state index contributed by atoms with van der Waals surface area (Å²) in [5.74, 6) is -1.23. The monoisotopic (exact) mass is 349 g/mol. The molecule has 134 valence electrons. The van der Waals surface area contributed by atoms with Crippen molar-refractivity contribution in [2.45, 2.75) is 38.6 Å². The minimum absolute atomic E-state index is 0.232. The van der Waals surface area contributed by atoms with Gasteiger partial charge in [0, 0.05) is 12.8 Å². The van der Waals surface area contributed by atoms with Gasteiger partial charge in [0.2, 0.25) is 5.91 Å². The molecule has 3 rings (SSSR count). The van der Waals surface area contributed by atoms with Crippen LogP contribution >= 0.6 is 0 Å². The van der Waals surface area contributed by atoms with Gasteiger partial charge in [-0.15, -0.1) is 0 Å². The van der Waals surface area contributed by atoms with Crippen LogP contribution in [0.2, 0.25) is 0 Å². The van der Waals surface area contributed by atoms with Crippen molar-refractivity contribution in [2.75, 3.05) is 0 Å². The lowest BCUT2D eigenvalue weighted by atomic mass is 9.99. The van der Waals surface area contributed by atoms with Crippen molar-refractivity contribution in [3.05, 3.63) is 76.9 Å². The summed E-state index contributed by atoms with van der Waals surface area (Å²) in [4.78, 5) is 23.8. The predicted molar refractivity (Wildman–Crippen MR) is 102 cm³/mol. The Balaban J connectivity index is 1.58. The fraction of sp³-hybridized carbons (Fsp3) is 0.273. The number of hydrogen-bond acceptors (Lipinski definition) is 2. The standard InChI is InChI=1S/C22H23NO3/c1-15-6-8-16(9-7-15)10-13-21(24)23-20(22(25)26)14-18-12-11-17-4-2-3-5-19(17)18/h2-9,12,20H,10-11,13-14H2,1H3,(H,23,24)(H,25,26)/t20-/m0/s1. The minimum Gasteiger partial charge on any atom is -0.480 e. The van der Waals surface area contributed by atoms with Gasteiger partial charge >= 0.3 is 5.97 Å². The van der Waals surface area contributed by atoms with E-state index in [2.05, 4.69) is 17.5 Å². The van der Waals surface area contributed by atoms with Gasteiger partial charge in [0.1, 0.15) is 6.04 Å². The van der Waals surface area contributed by atoms with Gasteiger partial charge in [-0.25, -0.2) is 4.79 Å². The molecule has 0 fully saturated rings. The van der Waals surface area contributed by atoms with Crippen LogP contribution in [0.25, 0.3) is 5.57 Å². The van der Waals surface area contributed by atoms with Crippen LogP contribution in [0, 0.1) is 6.92 Å². The Hall–Kier alpha value is -2.88. The number of nitrogens with one attached hydrogen (secondary N) is 1. The zero-order valence-corrected chi connectivity index (χ0v) is 14.9. The summed E-state index contributed by atoms with van der Waals surface area (Å²) in [6.07, 6.45) is 4.06. The Kier molecular flexibility index (Phi) is 5.52. The van der Waals surface area contributed by atoms with Gasteiger partial charge < -0.3 is 10.4 Å². The van der Waals surface area contributed by atoms with E-state index in [1.807, 2.05) is 49.4 Å². The van der Waals surface area contributed by atoms with Crippen LogP contribution in [0.1, 0.15) is 35.1 Å². The molecule has 1 aliphatic carbocycles. The number of benzene rings is 2. The number of carboxylic acids is 1. The molecule has 2 N–H and O–H groups in total. The number of carbonyl (C=O) groups is 2. The van der Waals surface area contributed by atoms with E-state index in [1.54, 1.807) is 0 Å². The van der Waals surface area contributed by atoms with Crippen LogP contribution < -0.4 is 5.32 Å². The van der Waals surface area contributed by atoms with E-state index in [4.69, 9.17) is 0 Å². The Morgan fingerprint density at radius 1 is 1.12 bits per heavy atom. The molecule has 1 atom stereocenters. The van der Waals surface area contributed by atoms with Gasteiger partial charge in [-0.2, -0.15) is 0 Å². The number of amides is 1. The van der Waals surface area contributed by atoms with E-state index in [-0.39, 0.29) is 12.3 Å². The summed E-state index contributed by atoms with van der Waals surface area (Å²) in [5.41, 5.74) is 5.54. The smallest absolute Gasteiger partial charge is 0.326 e. The number of allylic oxidation sites excluding steroid dienone is 1. The molecular weight excluding hydrogens is 326 g/mol. The molecule has 0 spiro atoms. The molecule has 2 aromatic rings. The first-order chi connectivity index (χ1) is 12.5. The number of fused-ring (bicyclic) bond motifs is 1. The lowest BCUT2D eigenvalue weighted by Crippen LogP contribution is -2.41. The molecule has 0 saturated carbocycles. The van der Waals surface area contributed by atoms with E-state index in [9.17, 15) is 14.7 Å². The molecule has 4 heteroatoms. The van der Waals surface area contributed by atoms with Crippen molar-refractivity contribution in [3.8, 4) is 0 Å². The first-order valence-corrected chi connectivity index (χ1v) is 8.88. The second kappa shape index (κ2) is 8.00. The molecule has 0 saturated heterocycles. The summed E-state index contributed by atoms with van der Waals surface area (Å²) >= 11 is 0. The van der Waals surface area contributed by atoms with E-state index in [1.165, 1.54) is 11.1 Å². The second-order valence-corrected chi connectivity index (χ2v) is 6.74. The number of aliphatic carboxylic acids is 1. The Labute approximate surface area is 153 Å². The fourth-order valence-electron chi connectivity index (χ4n) is 3.25. The van der Waals surface area contributed by atoms with Crippen LogP contribution in [0.4, 0.5) is 0 Å². The zero-order valence-electron chi connectivity index (χ0n) is 14.9. The highest BCUT2D eigenvalue weighted by Gasteiger charge is 2.24. The molecule has 0 aromatic heterocycles. The highest BCUT2D eigenvalue weighted by molar-refractivity contribution is 5.86. The maximum absolute atomic E-state index is 12.2. The van der Waals surface area contributed by atoms with Crippen LogP contribution in [-0.4, -0.2) is 23.0 Å². The highest BCUT2D eigenvalue weighted by atomic mass is 16.4. The summed E-state index contributed by atoms with van der Waals surface area (Å²) in [7, 11) is 0. The molecular formula is C22H23NO3. The third-order valence-corrected chi connectivity index (χ3v) is 4.75. The van der Waals surface area contributed by atoms with E-state index >= 15 is 0 Å². The molecule has 26 heavy (non-hydrogen) atoms. The van der Waals surface area contributed by atoms with Crippen molar-refractivity contribution < 1.29 is 14.7 Å². The Morgan fingerprint density at radius 2 is 1.85 bits per heavy atom. The average Bonchev–Trinajstić information content (AvgIpc) is 3.04. The molecule has 1 aliphatic rings. The van der Waals surface area contributed by atoms with Crippen molar-refractivity contribution in [2.24, 2.45) is 0 Å². The minimum atomic E-state index is -1.00. The molecule has 1 amide bonds. The van der Waals surface area contributed by atoms with Crippen molar-refractivity contribution in [1.82, 2.24) is 5.32 Å². The fourth-order valence-corrected chi connectivity index (χ4v) is 3.25. The molecule has 2 aromatic carbocycles. The van der Waals surface area contributed by atoms with Crippen LogP contribution in [0.3, 0.4) is 0 Å². The van der Waals surface area contributed by atoms with E-state index in [0.717, 1.165) is 23.1 Å². The number of hydrogen-bond donors (Lipinski definition) is 2. The Morgan fingerprint density at radius 3 is 2.58 bits per heavy atom. The van der Waals surface area contributed by atoms with Crippen LogP contribution in [0.5, 0.6) is 0 Å². The molecule has 0 aliphatic heterocycles. The van der Waals surface area contributed by atoms with Crippen molar-refractivity contribution in [3.63, 3.8) is 0 Å². The van der Waals surface area contributed by atoms with Gasteiger partial charge in [0.15, 0.2) is 0 Å². The molecule has 0 bridgehead atoms. The number of carboxylic acid groups (broad SMARTS) is 1.